The second kappa shape index (κ2) is 9.77. The molecular formula is C20H20BrNO4. The van der Waals surface area contributed by atoms with E-state index < -0.39 is 0 Å². The van der Waals surface area contributed by atoms with E-state index in [2.05, 4.69) is 26.0 Å². The van der Waals surface area contributed by atoms with Gasteiger partial charge in [0, 0.05) is 22.7 Å². The Morgan fingerprint density at radius 1 is 1.12 bits per heavy atom. The number of hydrogen-bond acceptors (Lipinski definition) is 4. The maximum Gasteiger partial charge on any atom is 0.337 e. The third kappa shape index (κ3) is 5.74. The Hall–Kier alpha value is -2.60. The van der Waals surface area contributed by atoms with Crippen molar-refractivity contribution in [3.05, 3.63) is 69.7 Å². The standard InChI is InChI=1S/C20H20BrNO4/c1-25-18-9-8-17(21)13-16(18)7-10-19(23)22-12-11-14-3-5-15(6-4-14)20(24)26-2/h3-10,13H,11-12H2,1-2H3,(H,22,23)/b10-7+. The van der Waals surface area contributed by atoms with E-state index in [1.165, 1.54) is 13.2 Å². The fourth-order valence-electron chi connectivity index (χ4n) is 2.32. The van der Waals surface area contributed by atoms with Gasteiger partial charge >= 0.3 is 5.97 Å². The van der Waals surface area contributed by atoms with Crippen molar-refractivity contribution in [2.45, 2.75) is 6.42 Å². The number of amides is 1. The lowest BCUT2D eigenvalue weighted by Crippen LogP contribution is -2.23. The maximum absolute atomic E-state index is 12.0. The van der Waals surface area contributed by atoms with E-state index in [1.807, 2.05) is 30.3 Å². The molecule has 0 aliphatic rings. The summed E-state index contributed by atoms with van der Waals surface area (Å²) < 4.78 is 10.8. The summed E-state index contributed by atoms with van der Waals surface area (Å²) in [6.45, 7) is 0.496. The minimum Gasteiger partial charge on any atom is -0.496 e. The third-order valence-corrected chi connectivity index (χ3v) is 4.19. The lowest BCUT2D eigenvalue weighted by Gasteiger charge is -2.06. The molecule has 2 aromatic carbocycles. The third-order valence-electron chi connectivity index (χ3n) is 3.69. The van der Waals surface area contributed by atoms with Gasteiger partial charge in [0.25, 0.3) is 0 Å². The SMILES string of the molecule is COC(=O)c1ccc(CCNC(=O)/C=C/c2cc(Br)ccc2OC)cc1. The summed E-state index contributed by atoms with van der Waals surface area (Å²) >= 11 is 3.40. The zero-order valence-corrected chi connectivity index (χ0v) is 16.2. The molecule has 0 bridgehead atoms. The summed E-state index contributed by atoms with van der Waals surface area (Å²) in [5, 5.41) is 2.83. The largest absolute Gasteiger partial charge is 0.496 e. The first-order valence-electron chi connectivity index (χ1n) is 8.00. The first-order valence-corrected chi connectivity index (χ1v) is 8.79. The molecule has 2 rings (SSSR count). The van der Waals surface area contributed by atoms with E-state index in [-0.39, 0.29) is 11.9 Å². The van der Waals surface area contributed by atoms with Crippen molar-refractivity contribution in [1.29, 1.82) is 0 Å². The Bertz CT molecular complexity index is 800. The molecule has 0 heterocycles. The summed E-state index contributed by atoms with van der Waals surface area (Å²) in [6.07, 6.45) is 3.86. The van der Waals surface area contributed by atoms with Crippen LogP contribution >= 0.6 is 15.9 Å². The van der Waals surface area contributed by atoms with Crippen LogP contribution in [0.1, 0.15) is 21.5 Å². The molecule has 1 amide bonds. The van der Waals surface area contributed by atoms with Gasteiger partial charge < -0.3 is 14.8 Å². The zero-order valence-electron chi connectivity index (χ0n) is 14.6. The van der Waals surface area contributed by atoms with E-state index in [1.54, 1.807) is 25.3 Å². The highest BCUT2D eigenvalue weighted by Gasteiger charge is 2.05. The molecule has 0 aliphatic carbocycles. The molecule has 5 nitrogen and oxygen atoms in total. The minimum atomic E-state index is -0.363. The summed E-state index contributed by atoms with van der Waals surface area (Å²) in [5.41, 5.74) is 2.34. The number of halogens is 1. The van der Waals surface area contributed by atoms with E-state index in [0.717, 1.165) is 15.6 Å². The van der Waals surface area contributed by atoms with Gasteiger partial charge in [0.2, 0.25) is 5.91 Å². The van der Waals surface area contributed by atoms with Crippen LogP contribution in [-0.4, -0.2) is 32.6 Å². The molecule has 2 aromatic rings. The van der Waals surface area contributed by atoms with Crippen molar-refractivity contribution in [3.8, 4) is 5.75 Å². The minimum absolute atomic E-state index is 0.182. The van der Waals surface area contributed by atoms with Gasteiger partial charge in [-0.1, -0.05) is 28.1 Å². The van der Waals surface area contributed by atoms with Crippen LogP contribution in [-0.2, 0) is 16.0 Å². The molecule has 6 heteroatoms. The molecule has 0 spiro atoms. The number of rotatable bonds is 7. The van der Waals surface area contributed by atoms with E-state index in [9.17, 15) is 9.59 Å². The molecular weight excluding hydrogens is 398 g/mol. The number of nitrogens with one attached hydrogen (secondary N) is 1. The number of methoxy groups -OCH3 is 2. The van der Waals surface area contributed by atoms with Crippen molar-refractivity contribution in [1.82, 2.24) is 5.32 Å². The summed E-state index contributed by atoms with van der Waals surface area (Å²) in [7, 11) is 2.94. The van der Waals surface area contributed by atoms with Crippen LogP contribution in [0.2, 0.25) is 0 Å². The zero-order chi connectivity index (χ0) is 18.9. The Morgan fingerprint density at radius 2 is 1.85 bits per heavy atom. The van der Waals surface area contributed by atoms with Crippen LogP contribution in [0.3, 0.4) is 0 Å². The second-order valence-corrected chi connectivity index (χ2v) is 6.36. The van der Waals surface area contributed by atoms with Crippen molar-refractivity contribution >= 4 is 33.9 Å². The average molecular weight is 418 g/mol. The van der Waals surface area contributed by atoms with Gasteiger partial charge in [-0.3, -0.25) is 4.79 Å². The highest BCUT2D eigenvalue weighted by atomic mass is 79.9. The number of carbonyl (C=O) groups excluding carboxylic acids is 2. The van der Waals surface area contributed by atoms with E-state index >= 15 is 0 Å². The Labute approximate surface area is 161 Å². The Balaban J connectivity index is 1.85. The van der Waals surface area contributed by atoms with Gasteiger partial charge in [0.15, 0.2) is 0 Å². The van der Waals surface area contributed by atoms with Crippen molar-refractivity contribution < 1.29 is 19.1 Å². The molecule has 0 fully saturated rings. The molecule has 0 aromatic heterocycles. The first-order chi connectivity index (χ1) is 12.5. The van der Waals surface area contributed by atoms with Crippen molar-refractivity contribution in [3.63, 3.8) is 0 Å². The molecule has 136 valence electrons. The molecule has 0 saturated heterocycles. The molecule has 26 heavy (non-hydrogen) atoms. The topological polar surface area (TPSA) is 64.6 Å². The predicted molar refractivity (Wildman–Crippen MR) is 104 cm³/mol. The predicted octanol–water partition coefficient (Wildman–Crippen LogP) is 3.62. The molecule has 0 atom stereocenters. The number of hydrogen-bond donors (Lipinski definition) is 1. The maximum atomic E-state index is 12.0. The molecule has 0 unspecified atom stereocenters. The number of esters is 1. The van der Waals surface area contributed by atoms with Gasteiger partial charge in [-0.05, 0) is 48.4 Å². The Kier molecular flexibility index (Phi) is 7.41. The fourth-order valence-corrected chi connectivity index (χ4v) is 2.69. The summed E-state index contributed by atoms with van der Waals surface area (Å²) in [4.78, 5) is 23.3. The number of benzene rings is 2. The van der Waals surface area contributed by atoms with Crippen LogP contribution in [0.5, 0.6) is 5.75 Å². The second-order valence-electron chi connectivity index (χ2n) is 5.45. The van der Waals surface area contributed by atoms with Crippen LogP contribution < -0.4 is 10.1 Å². The van der Waals surface area contributed by atoms with Crippen LogP contribution in [0.25, 0.3) is 6.08 Å². The van der Waals surface area contributed by atoms with Crippen LogP contribution in [0, 0.1) is 0 Å². The van der Waals surface area contributed by atoms with Gasteiger partial charge in [-0.25, -0.2) is 4.79 Å². The average Bonchev–Trinajstić information content (AvgIpc) is 2.66. The quantitative estimate of drug-likeness (QED) is 0.551. The molecule has 1 N–H and O–H groups in total. The van der Waals surface area contributed by atoms with Gasteiger partial charge in [0.1, 0.15) is 5.75 Å². The van der Waals surface area contributed by atoms with Gasteiger partial charge in [-0.2, -0.15) is 0 Å². The lowest BCUT2D eigenvalue weighted by molar-refractivity contribution is -0.116. The number of carbonyl (C=O) groups is 2. The van der Waals surface area contributed by atoms with Gasteiger partial charge in [0.05, 0.1) is 19.8 Å². The Morgan fingerprint density at radius 3 is 2.50 bits per heavy atom. The monoisotopic (exact) mass is 417 g/mol. The van der Waals surface area contributed by atoms with E-state index in [4.69, 9.17) is 4.74 Å². The summed E-state index contributed by atoms with van der Waals surface area (Å²) in [6, 6.07) is 12.7. The normalized spacial score (nSPS) is 10.6. The van der Waals surface area contributed by atoms with Crippen LogP contribution in [0.15, 0.2) is 53.0 Å². The van der Waals surface area contributed by atoms with E-state index in [0.29, 0.717) is 24.3 Å². The van der Waals surface area contributed by atoms with Crippen molar-refractivity contribution in [2.75, 3.05) is 20.8 Å². The molecule has 0 aliphatic heterocycles. The van der Waals surface area contributed by atoms with Crippen molar-refractivity contribution in [2.24, 2.45) is 0 Å². The highest BCUT2D eigenvalue weighted by Crippen LogP contribution is 2.24. The van der Waals surface area contributed by atoms with Gasteiger partial charge in [-0.15, -0.1) is 0 Å². The summed E-state index contributed by atoms with van der Waals surface area (Å²) in [5.74, 6) is 0.152. The smallest absolute Gasteiger partial charge is 0.337 e. The lowest BCUT2D eigenvalue weighted by atomic mass is 10.1. The first kappa shape index (κ1) is 19.7. The highest BCUT2D eigenvalue weighted by molar-refractivity contribution is 9.10. The molecule has 0 radical (unpaired) electrons. The number of ether oxygens (including phenoxy) is 2. The fraction of sp³-hybridized carbons (Fsp3) is 0.200. The molecule has 0 saturated carbocycles. The van der Waals surface area contributed by atoms with Crippen LogP contribution in [0.4, 0.5) is 0 Å².